The van der Waals surface area contributed by atoms with Crippen LogP contribution >= 0.6 is 34.4 Å². The molecule has 0 saturated heterocycles. The summed E-state index contributed by atoms with van der Waals surface area (Å²) in [6, 6.07) is 0. The van der Waals surface area contributed by atoms with Gasteiger partial charge in [0.2, 0.25) is 0 Å². The number of carbonyl (C=O) groups is 1. The number of esters is 1. The summed E-state index contributed by atoms with van der Waals surface area (Å²) in [4.78, 5) is 28.2. The number of nitrogens with zero attached hydrogens (tertiary/aromatic N) is 3. The lowest BCUT2D eigenvalue weighted by molar-refractivity contribution is -0.142. The van der Waals surface area contributed by atoms with E-state index in [2.05, 4.69) is 9.97 Å². The molecule has 3 aromatic heterocycles. The summed E-state index contributed by atoms with van der Waals surface area (Å²) >= 11 is 4.94. The van der Waals surface area contributed by atoms with Crippen LogP contribution in [0.3, 0.4) is 0 Å². The molecule has 1 aliphatic rings. The molecule has 5 nitrogen and oxygen atoms in total. The van der Waals surface area contributed by atoms with Gasteiger partial charge in [0.25, 0.3) is 0 Å². The first-order valence-electron chi connectivity index (χ1n) is 8.70. The van der Waals surface area contributed by atoms with E-state index in [1.807, 2.05) is 30.6 Å². The number of hydrogen-bond donors (Lipinski definition) is 0. The predicted molar refractivity (Wildman–Crippen MR) is 105 cm³/mol. The van der Waals surface area contributed by atoms with Gasteiger partial charge in [-0.25, -0.2) is 15.0 Å². The molecular weight excluding hydrogens is 386 g/mol. The van der Waals surface area contributed by atoms with E-state index in [4.69, 9.17) is 9.72 Å². The van der Waals surface area contributed by atoms with Gasteiger partial charge in [0.1, 0.15) is 15.7 Å². The van der Waals surface area contributed by atoms with Gasteiger partial charge < -0.3 is 4.74 Å². The highest BCUT2D eigenvalue weighted by Gasteiger charge is 2.21. The van der Waals surface area contributed by atoms with Crippen molar-refractivity contribution in [1.82, 2.24) is 15.0 Å². The third kappa shape index (κ3) is 3.63. The van der Waals surface area contributed by atoms with Gasteiger partial charge in [-0.05, 0) is 56.9 Å². The van der Waals surface area contributed by atoms with Crippen LogP contribution in [0.5, 0.6) is 0 Å². The molecule has 0 N–H and O–H groups in total. The topological polar surface area (TPSA) is 65.0 Å². The standard InChI is InChI=1S/C18H19N3O2S3/c1-3-23-14(22)8-11-9-24-18(21-11)26-17-15-12-6-4-5-7-13(12)25-16(15)19-10(2)20-17/h9H,3-8H2,1-2H3. The number of aromatic nitrogens is 3. The molecule has 0 radical (unpaired) electrons. The first kappa shape index (κ1) is 17.9. The Morgan fingerprint density at radius 2 is 2.12 bits per heavy atom. The van der Waals surface area contributed by atoms with Crippen molar-refractivity contribution in [3.8, 4) is 0 Å². The second-order valence-corrected chi connectivity index (χ2v) is 9.33. The molecule has 3 heterocycles. The minimum Gasteiger partial charge on any atom is -0.466 e. The van der Waals surface area contributed by atoms with Gasteiger partial charge in [-0.15, -0.1) is 22.7 Å². The van der Waals surface area contributed by atoms with E-state index in [1.54, 1.807) is 23.1 Å². The van der Waals surface area contributed by atoms with Gasteiger partial charge in [0.15, 0.2) is 4.34 Å². The van der Waals surface area contributed by atoms with Crippen LogP contribution in [0.2, 0.25) is 0 Å². The van der Waals surface area contributed by atoms with E-state index in [0.717, 1.165) is 38.6 Å². The largest absolute Gasteiger partial charge is 0.466 e. The molecule has 3 aromatic rings. The smallest absolute Gasteiger partial charge is 0.311 e. The van der Waals surface area contributed by atoms with Crippen molar-refractivity contribution in [2.75, 3.05) is 6.61 Å². The van der Waals surface area contributed by atoms with Crippen LogP contribution in [0.25, 0.3) is 10.2 Å². The van der Waals surface area contributed by atoms with Crippen LogP contribution < -0.4 is 0 Å². The second kappa shape index (κ2) is 7.62. The lowest BCUT2D eigenvalue weighted by Crippen LogP contribution is -2.07. The number of fused-ring (bicyclic) bond motifs is 3. The number of carbonyl (C=O) groups excluding carboxylic acids is 1. The van der Waals surface area contributed by atoms with E-state index in [1.165, 1.54) is 28.7 Å². The maximum absolute atomic E-state index is 11.6. The number of aryl methyl sites for hydroxylation is 3. The Hall–Kier alpha value is -1.51. The highest BCUT2D eigenvalue weighted by molar-refractivity contribution is 8.01. The molecule has 1 aliphatic carbocycles. The maximum atomic E-state index is 11.6. The Balaban J connectivity index is 1.64. The van der Waals surface area contributed by atoms with Gasteiger partial charge in [0.05, 0.1) is 18.7 Å². The number of thiophene rings is 1. The Kier molecular flexibility index (Phi) is 5.24. The van der Waals surface area contributed by atoms with Crippen molar-refractivity contribution in [3.63, 3.8) is 0 Å². The summed E-state index contributed by atoms with van der Waals surface area (Å²) in [5, 5.41) is 4.12. The minimum absolute atomic E-state index is 0.219. The van der Waals surface area contributed by atoms with E-state index in [9.17, 15) is 4.79 Å². The van der Waals surface area contributed by atoms with Crippen molar-refractivity contribution in [2.45, 2.75) is 55.3 Å². The number of hydrogen-bond acceptors (Lipinski definition) is 8. The fourth-order valence-corrected chi connectivity index (χ4v) is 6.47. The monoisotopic (exact) mass is 405 g/mol. The van der Waals surface area contributed by atoms with Crippen molar-refractivity contribution in [3.05, 3.63) is 27.3 Å². The third-order valence-electron chi connectivity index (χ3n) is 4.24. The lowest BCUT2D eigenvalue weighted by atomic mass is 9.97. The molecule has 0 aromatic carbocycles. The number of thiazole rings is 1. The molecule has 4 rings (SSSR count). The molecule has 0 bridgehead atoms. The zero-order valence-electron chi connectivity index (χ0n) is 14.7. The molecule has 0 aliphatic heterocycles. The van der Waals surface area contributed by atoms with Gasteiger partial charge in [-0.2, -0.15) is 0 Å². The molecule has 0 unspecified atom stereocenters. The zero-order valence-corrected chi connectivity index (χ0v) is 17.2. The predicted octanol–water partition coefficient (Wildman–Crippen LogP) is 4.59. The quantitative estimate of drug-likeness (QED) is 0.457. The fraction of sp³-hybridized carbons (Fsp3) is 0.444. The van der Waals surface area contributed by atoms with Gasteiger partial charge >= 0.3 is 5.97 Å². The van der Waals surface area contributed by atoms with Gasteiger partial charge in [-0.1, -0.05) is 0 Å². The average Bonchev–Trinajstić information content (AvgIpc) is 3.18. The molecular formula is C18H19N3O2S3. The van der Waals surface area contributed by atoms with E-state index < -0.39 is 0 Å². The van der Waals surface area contributed by atoms with Crippen LogP contribution in [0.15, 0.2) is 14.7 Å². The Morgan fingerprint density at radius 1 is 1.27 bits per heavy atom. The van der Waals surface area contributed by atoms with Crippen LogP contribution in [0.1, 0.15) is 41.7 Å². The average molecular weight is 406 g/mol. The summed E-state index contributed by atoms with van der Waals surface area (Å²) in [5.41, 5.74) is 2.19. The van der Waals surface area contributed by atoms with Crippen LogP contribution in [-0.2, 0) is 28.8 Å². The first-order valence-corrected chi connectivity index (χ1v) is 11.2. The lowest BCUT2D eigenvalue weighted by Gasteiger charge is -2.11. The molecule has 0 atom stereocenters. The van der Waals surface area contributed by atoms with Crippen molar-refractivity contribution in [1.29, 1.82) is 0 Å². The van der Waals surface area contributed by atoms with Crippen molar-refractivity contribution < 1.29 is 9.53 Å². The van der Waals surface area contributed by atoms with Crippen molar-refractivity contribution in [2.24, 2.45) is 0 Å². The molecule has 0 spiro atoms. The number of rotatable bonds is 5. The molecule has 0 amide bonds. The first-order chi connectivity index (χ1) is 12.6. The summed E-state index contributed by atoms with van der Waals surface area (Å²) in [6.07, 6.45) is 4.98. The van der Waals surface area contributed by atoms with Crippen LogP contribution in [-0.4, -0.2) is 27.5 Å². The van der Waals surface area contributed by atoms with Gasteiger partial charge in [-0.3, -0.25) is 4.79 Å². The Morgan fingerprint density at radius 3 is 2.96 bits per heavy atom. The highest BCUT2D eigenvalue weighted by atomic mass is 32.2. The highest BCUT2D eigenvalue weighted by Crippen LogP contribution is 2.41. The molecule has 0 fully saturated rings. The summed E-state index contributed by atoms with van der Waals surface area (Å²) in [5.74, 6) is 0.559. The third-order valence-corrected chi connectivity index (χ3v) is 7.40. The normalized spacial score (nSPS) is 13.8. The van der Waals surface area contributed by atoms with E-state index >= 15 is 0 Å². The van der Waals surface area contributed by atoms with Crippen molar-refractivity contribution >= 4 is 50.6 Å². The summed E-state index contributed by atoms with van der Waals surface area (Å²) < 4.78 is 5.90. The molecule has 8 heteroatoms. The molecule has 26 heavy (non-hydrogen) atoms. The van der Waals surface area contributed by atoms with Gasteiger partial charge in [0, 0.05) is 15.6 Å². The van der Waals surface area contributed by atoms with Crippen LogP contribution in [0, 0.1) is 6.92 Å². The molecule has 0 saturated carbocycles. The van der Waals surface area contributed by atoms with E-state index in [0.29, 0.717) is 6.61 Å². The van der Waals surface area contributed by atoms with Crippen LogP contribution in [0.4, 0.5) is 0 Å². The fourth-order valence-electron chi connectivity index (χ4n) is 3.16. The zero-order chi connectivity index (χ0) is 18.1. The van der Waals surface area contributed by atoms with E-state index in [-0.39, 0.29) is 12.4 Å². The minimum atomic E-state index is -0.235. The summed E-state index contributed by atoms with van der Waals surface area (Å²) in [7, 11) is 0. The maximum Gasteiger partial charge on any atom is 0.311 e. The summed E-state index contributed by atoms with van der Waals surface area (Å²) in [6.45, 7) is 4.15. The number of ether oxygens (including phenoxy) is 1. The second-order valence-electron chi connectivity index (χ2n) is 6.16. The Labute approximate surface area is 164 Å². The molecule has 136 valence electrons. The SMILES string of the molecule is CCOC(=O)Cc1csc(Sc2nc(C)nc3sc4c(c23)CCCC4)n1. The Bertz CT molecular complexity index is 964.